The molecule has 0 saturated heterocycles. The summed E-state index contributed by atoms with van der Waals surface area (Å²) in [7, 11) is 0. The second-order valence-electron chi connectivity index (χ2n) is 4.36. The van der Waals surface area contributed by atoms with Gasteiger partial charge in [0, 0.05) is 19.6 Å². The first-order valence-electron chi connectivity index (χ1n) is 7.07. The molecule has 108 valence electrons. The van der Waals surface area contributed by atoms with Gasteiger partial charge in [-0.05, 0) is 31.7 Å². The highest BCUT2D eigenvalue weighted by Gasteiger charge is 2.12. The number of hydrogen-bond acceptors (Lipinski definition) is 6. The van der Waals surface area contributed by atoms with Crippen molar-refractivity contribution in [3.8, 4) is 10.7 Å². The summed E-state index contributed by atoms with van der Waals surface area (Å²) in [5.74, 6) is 2.15. The van der Waals surface area contributed by atoms with Crippen LogP contribution in [0.3, 0.4) is 0 Å². The van der Waals surface area contributed by atoms with Crippen LogP contribution in [0.2, 0.25) is 0 Å². The fraction of sp³-hybridized carbons (Fsp3) is 0.500. The smallest absolute Gasteiger partial charge is 0.230 e. The van der Waals surface area contributed by atoms with E-state index in [-0.39, 0.29) is 0 Å². The van der Waals surface area contributed by atoms with Crippen molar-refractivity contribution in [2.24, 2.45) is 0 Å². The minimum atomic E-state index is 0.659. The van der Waals surface area contributed by atoms with Crippen molar-refractivity contribution in [1.29, 1.82) is 0 Å². The maximum atomic E-state index is 4.60. The number of nitrogens with one attached hydrogen (secondary N) is 1. The number of aromatic nitrogens is 3. The molecular formula is C14H21N5S. The lowest BCUT2D eigenvalue weighted by Crippen LogP contribution is -2.25. The number of rotatable bonds is 7. The van der Waals surface area contributed by atoms with E-state index in [1.165, 1.54) is 0 Å². The van der Waals surface area contributed by atoms with Crippen molar-refractivity contribution in [3.63, 3.8) is 0 Å². The second kappa shape index (κ2) is 7.19. The predicted octanol–water partition coefficient (Wildman–Crippen LogP) is 3.27. The summed E-state index contributed by atoms with van der Waals surface area (Å²) < 4.78 is 0. The summed E-state index contributed by atoms with van der Waals surface area (Å²) in [6, 6.07) is 4.05. The Morgan fingerprint density at radius 1 is 1.15 bits per heavy atom. The average molecular weight is 291 g/mol. The molecule has 0 fully saturated rings. The fourth-order valence-corrected chi connectivity index (χ4v) is 2.50. The molecule has 20 heavy (non-hydrogen) atoms. The molecule has 0 aliphatic carbocycles. The van der Waals surface area contributed by atoms with Crippen molar-refractivity contribution < 1.29 is 0 Å². The van der Waals surface area contributed by atoms with Gasteiger partial charge in [0.15, 0.2) is 5.82 Å². The van der Waals surface area contributed by atoms with Crippen molar-refractivity contribution in [3.05, 3.63) is 17.5 Å². The normalized spacial score (nSPS) is 10.6. The van der Waals surface area contributed by atoms with Crippen molar-refractivity contribution in [1.82, 2.24) is 15.0 Å². The Bertz CT molecular complexity index is 522. The van der Waals surface area contributed by atoms with E-state index in [0.29, 0.717) is 5.95 Å². The lowest BCUT2D eigenvalue weighted by atomic mass is 10.4. The largest absolute Gasteiger partial charge is 0.354 e. The number of nitrogens with zero attached hydrogens (tertiary/aromatic N) is 4. The van der Waals surface area contributed by atoms with Gasteiger partial charge in [-0.15, -0.1) is 11.3 Å². The van der Waals surface area contributed by atoms with Crippen LogP contribution in [0.25, 0.3) is 10.7 Å². The molecule has 0 amide bonds. The van der Waals surface area contributed by atoms with E-state index < -0.39 is 0 Å². The monoisotopic (exact) mass is 291 g/mol. The van der Waals surface area contributed by atoms with Crippen molar-refractivity contribution >= 4 is 23.2 Å². The molecule has 1 N–H and O–H groups in total. The Hall–Kier alpha value is -1.69. The van der Waals surface area contributed by atoms with Crippen LogP contribution in [0, 0.1) is 0 Å². The number of hydrogen-bond donors (Lipinski definition) is 1. The molecule has 5 nitrogen and oxygen atoms in total. The van der Waals surface area contributed by atoms with Crippen molar-refractivity contribution in [2.45, 2.75) is 27.2 Å². The van der Waals surface area contributed by atoms with Gasteiger partial charge in [-0.25, -0.2) is 0 Å². The molecule has 2 aromatic heterocycles. The first-order chi connectivity index (χ1) is 9.78. The SMILES string of the molecule is CCCNc1nc(-c2cccs2)nc(N(CC)CC)n1. The highest BCUT2D eigenvalue weighted by atomic mass is 32.1. The van der Waals surface area contributed by atoms with Gasteiger partial charge in [0.2, 0.25) is 11.9 Å². The molecule has 2 heterocycles. The Labute approximate surface area is 124 Å². The second-order valence-corrected chi connectivity index (χ2v) is 5.31. The molecule has 0 spiro atoms. The van der Waals surface area contributed by atoms with E-state index in [1.54, 1.807) is 11.3 Å². The summed E-state index contributed by atoms with van der Waals surface area (Å²) in [5.41, 5.74) is 0. The van der Waals surface area contributed by atoms with Gasteiger partial charge in [0.05, 0.1) is 4.88 Å². The van der Waals surface area contributed by atoms with Crippen LogP contribution in [0.15, 0.2) is 17.5 Å². The molecule has 0 saturated carbocycles. The molecule has 0 aliphatic heterocycles. The van der Waals surface area contributed by atoms with Crippen LogP contribution in [0.5, 0.6) is 0 Å². The van der Waals surface area contributed by atoms with Gasteiger partial charge in [-0.2, -0.15) is 15.0 Å². The molecule has 0 aromatic carbocycles. The quantitative estimate of drug-likeness (QED) is 0.848. The minimum absolute atomic E-state index is 0.659. The molecule has 6 heteroatoms. The molecule has 0 atom stereocenters. The van der Waals surface area contributed by atoms with Crippen LogP contribution < -0.4 is 10.2 Å². The fourth-order valence-electron chi connectivity index (χ4n) is 1.84. The van der Waals surface area contributed by atoms with Gasteiger partial charge in [0.1, 0.15) is 0 Å². The molecular weight excluding hydrogens is 270 g/mol. The minimum Gasteiger partial charge on any atom is -0.354 e. The maximum absolute atomic E-state index is 4.60. The van der Waals surface area contributed by atoms with Crippen LogP contribution in [-0.2, 0) is 0 Å². The van der Waals surface area contributed by atoms with Crippen LogP contribution in [0.1, 0.15) is 27.2 Å². The Morgan fingerprint density at radius 3 is 2.55 bits per heavy atom. The highest BCUT2D eigenvalue weighted by molar-refractivity contribution is 7.13. The standard InChI is InChI=1S/C14H21N5S/c1-4-9-15-13-16-12(11-8-7-10-20-11)17-14(18-13)19(5-2)6-3/h7-8,10H,4-6,9H2,1-3H3,(H,15,16,17,18). The van der Waals surface area contributed by atoms with E-state index in [9.17, 15) is 0 Å². The third-order valence-corrected chi connectivity index (χ3v) is 3.81. The van der Waals surface area contributed by atoms with Crippen LogP contribution >= 0.6 is 11.3 Å². The molecule has 0 unspecified atom stereocenters. The lowest BCUT2D eigenvalue weighted by molar-refractivity contribution is 0.812. The highest BCUT2D eigenvalue weighted by Crippen LogP contribution is 2.23. The van der Waals surface area contributed by atoms with E-state index >= 15 is 0 Å². The summed E-state index contributed by atoms with van der Waals surface area (Å²) >= 11 is 1.65. The zero-order valence-electron chi connectivity index (χ0n) is 12.3. The van der Waals surface area contributed by atoms with Crippen molar-refractivity contribution in [2.75, 3.05) is 29.9 Å². The van der Waals surface area contributed by atoms with Crippen LogP contribution in [0.4, 0.5) is 11.9 Å². The first-order valence-corrected chi connectivity index (χ1v) is 7.95. The number of anilines is 2. The summed E-state index contributed by atoms with van der Waals surface area (Å²) in [4.78, 5) is 16.8. The zero-order chi connectivity index (χ0) is 14.4. The maximum Gasteiger partial charge on any atom is 0.230 e. The van der Waals surface area contributed by atoms with E-state index in [4.69, 9.17) is 0 Å². The van der Waals surface area contributed by atoms with E-state index in [0.717, 1.165) is 42.7 Å². The van der Waals surface area contributed by atoms with Gasteiger partial charge in [-0.1, -0.05) is 13.0 Å². The summed E-state index contributed by atoms with van der Waals surface area (Å²) in [6.45, 7) is 8.98. The molecule has 0 bridgehead atoms. The lowest BCUT2D eigenvalue weighted by Gasteiger charge is -2.19. The first kappa shape index (κ1) is 14.7. The van der Waals surface area contributed by atoms with E-state index in [2.05, 4.69) is 45.9 Å². The molecule has 2 rings (SSSR count). The summed E-state index contributed by atoms with van der Waals surface area (Å²) in [6.07, 6.45) is 1.04. The molecule has 2 aromatic rings. The van der Waals surface area contributed by atoms with Gasteiger partial charge in [0.25, 0.3) is 0 Å². The average Bonchev–Trinajstić information content (AvgIpc) is 3.00. The third-order valence-electron chi connectivity index (χ3n) is 2.94. The van der Waals surface area contributed by atoms with E-state index in [1.807, 2.05) is 17.5 Å². The Kier molecular flexibility index (Phi) is 5.29. The summed E-state index contributed by atoms with van der Waals surface area (Å²) in [5, 5.41) is 5.29. The topological polar surface area (TPSA) is 53.9 Å². The molecule has 0 radical (unpaired) electrons. The zero-order valence-corrected chi connectivity index (χ0v) is 13.1. The van der Waals surface area contributed by atoms with Gasteiger partial charge >= 0.3 is 0 Å². The Morgan fingerprint density at radius 2 is 1.95 bits per heavy atom. The Balaban J connectivity index is 2.38. The predicted molar refractivity (Wildman–Crippen MR) is 85.5 cm³/mol. The number of thiophene rings is 1. The molecule has 0 aliphatic rings. The van der Waals surface area contributed by atoms with Gasteiger partial charge < -0.3 is 10.2 Å². The third kappa shape index (κ3) is 3.45. The van der Waals surface area contributed by atoms with Gasteiger partial charge in [-0.3, -0.25) is 0 Å². The van der Waals surface area contributed by atoms with Crippen LogP contribution in [-0.4, -0.2) is 34.6 Å².